The van der Waals surface area contributed by atoms with Crippen molar-refractivity contribution in [2.45, 2.75) is 37.4 Å². The molecular formula is C27H32N2O2S2. The maximum Gasteiger partial charge on any atom is 0.252 e. The van der Waals surface area contributed by atoms with Gasteiger partial charge in [0.1, 0.15) is 4.21 Å². The van der Waals surface area contributed by atoms with Gasteiger partial charge in [0.05, 0.1) is 0 Å². The second-order valence-corrected chi connectivity index (χ2v) is 11.6. The Morgan fingerprint density at radius 1 is 0.758 bits per heavy atom. The van der Waals surface area contributed by atoms with E-state index < -0.39 is 10.0 Å². The molecule has 4 aromatic rings. The molecule has 3 aromatic carbocycles. The number of hydrogen-bond donors (Lipinski definition) is 0. The Labute approximate surface area is 201 Å². The van der Waals surface area contributed by atoms with Gasteiger partial charge in [-0.15, -0.1) is 11.3 Å². The van der Waals surface area contributed by atoms with Crippen LogP contribution in [0.1, 0.15) is 32.3 Å². The third kappa shape index (κ3) is 5.64. The summed E-state index contributed by atoms with van der Waals surface area (Å²) in [6, 6.07) is 24.1. The van der Waals surface area contributed by atoms with Gasteiger partial charge in [-0.25, -0.2) is 8.42 Å². The lowest BCUT2D eigenvalue weighted by atomic mass is 10.1. The molecule has 174 valence electrons. The smallest absolute Gasteiger partial charge is 0.252 e. The van der Waals surface area contributed by atoms with Gasteiger partial charge in [0, 0.05) is 17.8 Å². The fraction of sp³-hybridized carbons (Fsp3) is 0.333. The first-order chi connectivity index (χ1) is 16.0. The molecule has 0 aliphatic heterocycles. The van der Waals surface area contributed by atoms with Crippen LogP contribution in [0.4, 0.5) is 0 Å². The molecule has 0 aliphatic rings. The van der Waals surface area contributed by atoms with Crippen molar-refractivity contribution in [3.05, 3.63) is 78.4 Å². The van der Waals surface area contributed by atoms with E-state index in [1.54, 1.807) is 4.31 Å². The topological polar surface area (TPSA) is 40.6 Å². The Kier molecular flexibility index (Phi) is 7.81. The zero-order valence-corrected chi connectivity index (χ0v) is 21.0. The summed E-state index contributed by atoms with van der Waals surface area (Å²) in [4.78, 5) is 2.38. The maximum absolute atomic E-state index is 13.7. The van der Waals surface area contributed by atoms with Gasteiger partial charge in [0.2, 0.25) is 0 Å². The van der Waals surface area contributed by atoms with Crippen LogP contribution in [0, 0.1) is 0 Å². The Morgan fingerprint density at radius 3 is 2.15 bits per heavy atom. The number of benzene rings is 3. The summed E-state index contributed by atoms with van der Waals surface area (Å²) >= 11 is 1.36. The number of rotatable bonds is 11. The Morgan fingerprint density at radius 2 is 1.42 bits per heavy atom. The Balaban J connectivity index is 1.59. The molecule has 0 radical (unpaired) electrons. The predicted molar refractivity (Wildman–Crippen MR) is 140 cm³/mol. The highest BCUT2D eigenvalue weighted by atomic mass is 32.2. The lowest BCUT2D eigenvalue weighted by molar-refractivity contribution is 0.289. The molecule has 4 rings (SSSR count). The molecule has 33 heavy (non-hydrogen) atoms. The van der Waals surface area contributed by atoms with E-state index in [0.717, 1.165) is 53.5 Å². The molecule has 0 saturated heterocycles. The number of nitrogens with zero attached hydrogens (tertiary/aromatic N) is 2. The first-order valence-corrected chi connectivity index (χ1v) is 14.0. The van der Waals surface area contributed by atoms with Gasteiger partial charge in [-0.05, 0) is 72.4 Å². The van der Waals surface area contributed by atoms with Gasteiger partial charge in [-0.2, -0.15) is 4.31 Å². The number of sulfonamides is 1. The molecule has 0 fully saturated rings. The minimum atomic E-state index is -3.59. The van der Waals surface area contributed by atoms with E-state index in [1.165, 1.54) is 16.7 Å². The van der Waals surface area contributed by atoms with Crippen molar-refractivity contribution in [1.29, 1.82) is 0 Å². The monoisotopic (exact) mass is 480 g/mol. The normalized spacial score (nSPS) is 12.4. The second-order valence-electron chi connectivity index (χ2n) is 8.36. The van der Waals surface area contributed by atoms with Crippen molar-refractivity contribution >= 4 is 42.2 Å². The number of thiophene rings is 1. The van der Waals surface area contributed by atoms with Crippen LogP contribution in [0.3, 0.4) is 0 Å². The van der Waals surface area contributed by atoms with E-state index in [4.69, 9.17) is 0 Å². The highest BCUT2D eigenvalue weighted by Crippen LogP contribution is 2.32. The average molecular weight is 481 g/mol. The van der Waals surface area contributed by atoms with Gasteiger partial charge < -0.3 is 4.90 Å². The van der Waals surface area contributed by atoms with Gasteiger partial charge in [-0.1, -0.05) is 68.4 Å². The zero-order chi connectivity index (χ0) is 23.3. The van der Waals surface area contributed by atoms with E-state index in [-0.39, 0.29) is 0 Å². The van der Waals surface area contributed by atoms with Gasteiger partial charge in [-0.3, -0.25) is 0 Å². The lowest BCUT2D eigenvalue weighted by Crippen LogP contribution is -2.32. The first-order valence-electron chi connectivity index (χ1n) is 11.7. The summed E-state index contributed by atoms with van der Waals surface area (Å²) in [5.74, 6) is 0. The molecule has 0 N–H and O–H groups in total. The van der Waals surface area contributed by atoms with E-state index >= 15 is 0 Å². The fourth-order valence-corrected chi connectivity index (χ4v) is 7.22. The van der Waals surface area contributed by atoms with Gasteiger partial charge in [0.15, 0.2) is 0 Å². The SMILES string of the molecule is CCN(CC)CCCCN(Cc1ccc2ccccc2c1)S(=O)(=O)c1cc2ccccc2s1. The summed E-state index contributed by atoms with van der Waals surface area (Å²) < 4.78 is 30.6. The summed E-state index contributed by atoms with van der Waals surface area (Å²) in [6.45, 7) is 8.29. The van der Waals surface area contributed by atoms with Crippen molar-refractivity contribution in [3.63, 3.8) is 0 Å². The van der Waals surface area contributed by atoms with Crippen molar-refractivity contribution in [1.82, 2.24) is 9.21 Å². The molecule has 0 bridgehead atoms. The maximum atomic E-state index is 13.7. The standard InChI is InChI=1S/C27H32N2O2S2/c1-3-28(4-2)17-9-10-18-29(21-22-15-16-23-11-5-6-12-24(23)19-22)33(30,31)27-20-25-13-7-8-14-26(25)32-27/h5-8,11-16,19-20H,3-4,9-10,17-18,21H2,1-2H3. The molecule has 0 saturated carbocycles. The summed E-state index contributed by atoms with van der Waals surface area (Å²) in [5, 5.41) is 3.28. The first kappa shape index (κ1) is 23.9. The average Bonchev–Trinajstić information content (AvgIpc) is 3.28. The van der Waals surface area contributed by atoms with Crippen molar-refractivity contribution in [3.8, 4) is 0 Å². The van der Waals surface area contributed by atoms with Crippen LogP contribution in [0.25, 0.3) is 20.9 Å². The van der Waals surface area contributed by atoms with E-state index in [2.05, 4.69) is 43.0 Å². The van der Waals surface area contributed by atoms with Crippen LogP contribution in [0.15, 0.2) is 77.0 Å². The third-order valence-electron chi connectivity index (χ3n) is 6.20. The van der Waals surface area contributed by atoms with Crippen LogP contribution >= 0.6 is 11.3 Å². The molecular weight excluding hydrogens is 448 g/mol. The molecule has 0 amide bonds. The van der Waals surface area contributed by atoms with Gasteiger partial charge in [0.25, 0.3) is 10.0 Å². The van der Waals surface area contributed by atoms with Crippen LogP contribution in [-0.4, -0.2) is 43.8 Å². The minimum Gasteiger partial charge on any atom is -0.304 e. The summed E-state index contributed by atoms with van der Waals surface area (Å²) in [5.41, 5.74) is 1.02. The van der Waals surface area contributed by atoms with E-state index in [0.29, 0.717) is 17.3 Å². The van der Waals surface area contributed by atoms with Crippen molar-refractivity contribution < 1.29 is 8.42 Å². The molecule has 0 unspecified atom stereocenters. The Hall–Kier alpha value is -2.25. The number of fused-ring (bicyclic) bond motifs is 2. The highest BCUT2D eigenvalue weighted by Gasteiger charge is 2.26. The molecule has 0 aliphatic carbocycles. The quantitative estimate of drug-likeness (QED) is 0.234. The summed E-state index contributed by atoms with van der Waals surface area (Å²) in [6.07, 6.45) is 1.83. The molecule has 6 heteroatoms. The largest absolute Gasteiger partial charge is 0.304 e. The third-order valence-corrected chi connectivity index (χ3v) is 9.61. The lowest BCUT2D eigenvalue weighted by Gasteiger charge is -2.23. The molecule has 4 nitrogen and oxygen atoms in total. The molecule has 0 spiro atoms. The molecule has 1 heterocycles. The van der Waals surface area contributed by atoms with E-state index in [9.17, 15) is 8.42 Å². The fourth-order valence-electron chi connectivity index (χ4n) is 4.20. The van der Waals surface area contributed by atoms with Crippen molar-refractivity contribution in [2.75, 3.05) is 26.2 Å². The van der Waals surface area contributed by atoms with Crippen LogP contribution in [0.2, 0.25) is 0 Å². The zero-order valence-electron chi connectivity index (χ0n) is 19.4. The number of unbranched alkanes of at least 4 members (excludes halogenated alkanes) is 1. The van der Waals surface area contributed by atoms with Crippen molar-refractivity contribution in [2.24, 2.45) is 0 Å². The summed E-state index contributed by atoms with van der Waals surface area (Å²) in [7, 11) is -3.59. The number of hydrogen-bond acceptors (Lipinski definition) is 4. The Bertz CT molecular complexity index is 1280. The molecule has 1 aromatic heterocycles. The van der Waals surface area contributed by atoms with E-state index in [1.807, 2.05) is 48.5 Å². The van der Waals surface area contributed by atoms with Crippen LogP contribution in [0.5, 0.6) is 0 Å². The van der Waals surface area contributed by atoms with Crippen LogP contribution < -0.4 is 0 Å². The second kappa shape index (κ2) is 10.8. The van der Waals surface area contributed by atoms with Gasteiger partial charge >= 0.3 is 0 Å². The minimum absolute atomic E-state index is 0.382. The van der Waals surface area contributed by atoms with Crippen LogP contribution in [-0.2, 0) is 16.6 Å². The predicted octanol–water partition coefficient (Wildman–Crippen LogP) is 6.37. The highest BCUT2D eigenvalue weighted by molar-refractivity contribution is 7.91. The molecule has 0 atom stereocenters.